The minimum absolute atomic E-state index is 0.606. The number of imidazole rings is 1. The Morgan fingerprint density at radius 1 is 1.37 bits per heavy atom. The Morgan fingerprint density at radius 2 is 2.26 bits per heavy atom. The fraction of sp³-hybridized carbons (Fsp3) is 0.562. The summed E-state index contributed by atoms with van der Waals surface area (Å²) in [6, 6.07) is 7.07. The minimum Gasteiger partial charge on any atom is -0.331 e. The molecule has 102 valence electrons. The standard InChI is InChI=1S/C16H23N3/c1-3-12-7-6-9-14-16(12)19(2)15(18-14)11-13-8-4-5-10-17-13/h6-7,9,13,17H,3-5,8,10-11H2,1-2H3. The number of aryl methyl sites for hydroxylation is 2. The SMILES string of the molecule is CCc1cccc2nc(CC3CCCCN3)n(C)c12. The first-order valence-electron chi connectivity index (χ1n) is 7.46. The number of fused-ring (bicyclic) bond motifs is 1. The third-order valence-electron chi connectivity index (χ3n) is 4.29. The third-order valence-corrected chi connectivity index (χ3v) is 4.29. The van der Waals surface area contributed by atoms with Gasteiger partial charge in [0.25, 0.3) is 0 Å². The highest BCUT2D eigenvalue weighted by Crippen LogP contribution is 2.21. The summed E-state index contributed by atoms with van der Waals surface area (Å²) in [5, 5.41) is 3.61. The largest absolute Gasteiger partial charge is 0.331 e. The fourth-order valence-corrected chi connectivity index (χ4v) is 3.18. The molecule has 0 amide bonds. The van der Waals surface area contributed by atoms with Crippen LogP contribution in [0.1, 0.15) is 37.6 Å². The molecule has 0 spiro atoms. The van der Waals surface area contributed by atoms with E-state index < -0.39 is 0 Å². The summed E-state index contributed by atoms with van der Waals surface area (Å²) < 4.78 is 2.30. The summed E-state index contributed by atoms with van der Waals surface area (Å²) in [6.45, 7) is 3.37. The summed E-state index contributed by atoms with van der Waals surface area (Å²) in [4.78, 5) is 4.84. The van der Waals surface area contributed by atoms with Crippen molar-refractivity contribution in [3.63, 3.8) is 0 Å². The molecule has 0 bridgehead atoms. The van der Waals surface area contributed by atoms with E-state index in [0.29, 0.717) is 6.04 Å². The number of piperidine rings is 1. The van der Waals surface area contributed by atoms with Crippen LogP contribution in [0.5, 0.6) is 0 Å². The van der Waals surface area contributed by atoms with Gasteiger partial charge in [0.15, 0.2) is 0 Å². The van der Waals surface area contributed by atoms with Crippen LogP contribution in [-0.4, -0.2) is 22.1 Å². The first-order valence-corrected chi connectivity index (χ1v) is 7.46. The molecule has 1 fully saturated rings. The molecular formula is C16H23N3. The number of para-hydroxylation sites is 1. The number of hydrogen-bond acceptors (Lipinski definition) is 2. The van der Waals surface area contributed by atoms with Crippen LogP contribution in [0.25, 0.3) is 11.0 Å². The maximum absolute atomic E-state index is 4.84. The lowest BCUT2D eigenvalue weighted by atomic mass is 10.0. The number of nitrogens with one attached hydrogen (secondary N) is 1. The lowest BCUT2D eigenvalue weighted by Gasteiger charge is -2.23. The molecule has 2 aromatic rings. The van der Waals surface area contributed by atoms with Gasteiger partial charge in [0.05, 0.1) is 11.0 Å². The van der Waals surface area contributed by atoms with Crippen LogP contribution in [0.2, 0.25) is 0 Å². The smallest absolute Gasteiger partial charge is 0.111 e. The Morgan fingerprint density at radius 3 is 3.00 bits per heavy atom. The molecule has 1 atom stereocenters. The summed E-state index contributed by atoms with van der Waals surface area (Å²) in [5.41, 5.74) is 3.86. The van der Waals surface area contributed by atoms with Crippen LogP contribution in [0.15, 0.2) is 18.2 Å². The van der Waals surface area contributed by atoms with Gasteiger partial charge in [0.2, 0.25) is 0 Å². The Bertz CT molecular complexity index is 565. The van der Waals surface area contributed by atoms with Crippen molar-refractivity contribution in [3.8, 4) is 0 Å². The van der Waals surface area contributed by atoms with Crippen molar-refractivity contribution in [3.05, 3.63) is 29.6 Å². The highest BCUT2D eigenvalue weighted by molar-refractivity contribution is 5.79. The first-order chi connectivity index (χ1) is 9.29. The van der Waals surface area contributed by atoms with E-state index in [2.05, 4.69) is 42.1 Å². The lowest BCUT2D eigenvalue weighted by molar-refractivity contribution is 0.392. The van der Waals surface area contributed by atoms with E-state index in [1.165, 1.54) is 36.2 Å². The lowest BCUT2D eigenvalue weighted by Crippen LogP contribution is -2.36. The Hall–Kier alpha value is -1.35. The third kappa shape index (κ3) is 2.39. The summed E-state index contributed by atoms with van der Waals surface area (Å²) in [6.07, 6.45) is 6.07. The Kier molecular flexibility index (Phi) is 3.56. The van der Waals surface area contributed by atoms with E-state index in [1.54, 1.807) is 0 Å². The number of aromatic nitrogens is 2. The molecule has 3 nitrogen and oxygen atoms in total. The maximum atomic E-state index is 4.84. The average molecular weight is 257 g/mol. The van der Waals surface area contributed by atoms with Crippen LogP contribution in [-0.2, 0) is 19.9 Å². The Balaban J connectivity index is 1.93. The van der Waals surface area contributed by atoms with E-state index in [9.17, 15) is 0 Å². The zero-order chi connectivity index (χ0) is 13.2. The molecule has 1 N–H and O–H groups in total. The number of hydrogen-bond donors (Lipinski definition) is 1. The van der Waals surface area contributed by atoms with Gasteiger partial charge in [-0.05, 0) is 37.4 Å². The second-order valence-corrected chi connectivity index (χ2v) is 5.58. The van der Waals surface area contributed by atoms with E-state index in [4.69, 9.17) is 4.98 Å². The molecule has 0 aliphatic carbocycles. The van der Waals surface area contributed by atoms with Crippen LogP contribution in [0.4, 0.5) is 0 Å². The van der Waals surface area contributed by atoms with Gasteiger partial charge in [-0.3, -0.25) is 0 Å². The van der Waals surface area contributed by atoms with E-state index in [-0.39, 0.29) is 0 Å². The summed E-state index contributed by atoms with van der Waals surface area (Å²) in [5.74, 6) is 1.22. The zero-order valence-electron chi connectivity index (χ0n) is 11.9. The molecular weight excluding hydrogens is 234 g/mol. The molecule has 1 aromatic carbocycles. The zero-order valence-corrected chi connectivity index (χ0v) is 11.9. The Labute approximate surface area is 115 Å². The first kappa shape index (κ1) is 12.7. The van der Waals surface area contributed by atoms with Gasteiger partial charge >= 0.3 is 0 Å². The van der Waals surface area contributed by atoms with Gasteiger partial charge in [-0.2, -0.15) is 0 Å². The fourth-order valence-electron chi connectivity index (χ4n) is 3.18. The topological polar surface area (TPSA) is 29.9 Å². The molecule has 1 saturated heterocycles. The van der Waals surface area contributed by atoms with Gasteiger partial charge in [-0.25, -0.2) is 4.98 Å². The maximum Gasteiger partial charge on any atom is 0.111 e. The number of benzene rings is 1. The van der Waals surface area contributed by atoms with Crippen molar-refractivity contribution in [2.45, 2.75) is 45.1 Å². The van der Waals surface area contributed by atoms with Gasteiger partial charge in [-0.15, -0.1) is 0 Å². The molecule has 19 heavy (non-hydrogen) atoms. The van der Waals surface area contributed by atoms with Crippen LogP contribution in [0.3, 0.4) is 0 Å². The number of rotatable bonds is 3. The molecule has 0 radical (unpaired) electrons. The van der Waals surface area contributed by atoms with E-state index in [1.807, 2.05) is 0 Å². The van der Waals surface area contributed by atoms with Gasteiger partial charge in [0.1, 0.15) is 5.82 Å². The van der Waals surface area contributed by atoms with Crippen molar-refractivity contribution in [1.82, 2.24) is 14.9 Å². The molecule has 1 unspecified atom stereocenters. The van der Waals surface area contributed by atoms with E-state index >= 15 is 0 Å². The van der Waals surface area contributed by atoms with Crippen molar-refractivity contribution in [2.75, 3.05) is 6.54 Å². The number of nitrogens with zero attached hydrogens (tertiary/aromatic N) is 2. The molecule has 2 heterocycles. The second kappa shape index (κ2) is 5.33. The highest BCUT2D eigenvalue weighted by Gasteiger charge is 2.17. The molecule has 3 rings (SSSR count). The summed E-state index contributed by atoms with van der Waals surface area (Å²) >= 11 is 0. The monoisotopic (exact) mass is 257 g/mol. The van der Waals surface area contributed by atoms with Crippen molar-refractivity contribution in [1.29, 1.82) is 0 Å². The molecule has 0 saturated carbocycles. The van der Waals surface area contributed by atoms with Gasteiger partial charge in [0, 0.05) is 19.5 Å². The normalized spacial score (nSPS) is 20.0. The van der Waals surface area contributed by atoms with Crippen LogP contribution >= 0.6 is 0 Å². The molecule has 1 aliphatic rings. The van der Waals surface area contributed by atoms with Crippen LogP contribution in [0, 0.1) is 0 Å². The van der Waals surface area contributed by atoms with Crippen LogP contribution < -0.4 is 5.32 Å². The molecule has 1 aromatic heterocycles. The molecule has 3 heteroatoms. The second-order valence-electron chi connectivity index (χ2n) is 5.58. The predicted octanol–water partition coefficient (Wildman–Crippen LogP) is 2.82. The summed E-state index contributed by atoms with van der Waals surface area (Å²) in [7, 11) is 2.16. The van der Waals surface area contributed by atoms with Gasteiger partial charge in [-0.1, -0.05) is 25.5 Å². The highest BCUT2D eigenvalue weighted by atomic mass is 15.1. The predicted molar refractivity (Wildman–Crippen MR) is 79.4 cm³/mol. The average Bonchev–Trinajstić information content (AvgIpc) is 2.77. The van der Waals surface area contributed by atoms with Crippen molar-refractivity contribution in [2.24, 2.45) is 7.05 Å². The molecule has 1 aliphatic heterocycles. The van der Waals surface area contributed by atoms with E-state index in [0.717, 1.165) is 24.9 Å². The van der Waals surface area contributed by atoms with Crippen molar-refractivity contribution >= 4 is 11.0 Å². The minimum atomic E-state index is 0.606. The van der Waals surface area contributed by atoms with Gasteiger partial charge < -0.3 is 9.88 Å². The quantitative estimate of drug-likeness (QED) is 0.916. The van der Waals surface area contributed by atoms with Crippen molar-refractivity contribution < 1.29 is 0 Å².